The molecule has 0 saturated heterocycles. The van der Waals surface area contributed by atoms with Crippen molar-refractivity contribution in [1.82, 2.24) is 4.98 Å². The Hall–Kier alpha value is -0.220. The quantitative estimate of drug-likeness (QED) is 0.751. The first-order valence-electron chi connectivity index (χ1n) is 4.22. The van der Waals surface area contributed by atoms with Crippen LogP contribution in [-0.4, -0.2) is 4.98 Å². The molecular weight excluding hydrogens is 269 g/mol. The average molecular weight is 276 g/mol. The molecule has 1 aromatic heterocycles. The number of benzene rings is 1. The van der Waals surface area contributed by atoms with E-state index in [2.05, 4.69) is 4.98 Å². The van der Waals surface area contributed by atoms with E-state index < -0.39 is 0 Å². The highest BCUT2D eigenvalue weighted by molar-refractivity contribution is 7.98. The van der Waals surface area contributed by atoms with Gasteiger partial charge in [-0.25, -0.2) is 4.98 Å². The number of thiazole rings is 1. The lowest BCUT2D eigenvalue weighted by molar-refractivity contribution is 1.23. The molecule has 0 radical (unpaired) electrons. The highest BCUT2D eigenvalue weighted by Gasteiger charge is 2.00. The van der Waals surface area contributed by atoms with Crippen LogP contribution >= 0.6 is 46.3 Å². The zero-order valence-corrected chi connectivity index (χ0v) is 10.8. The van der Waals surface area contributed by atoms with Crippen LogP contribution in [0.3, 0.4) is 0 Å². The second kappa shape index (κ2) is 5.21. The highest BCUT2D eigenvalue weighted by atomic mass is 35.5. The van der Waals surface area contributed by atoms with E-state index in [1.807, 2.05) is 29.6 Å². The number of thioether (sulfide) groups is 1. The molecular formula is C10H7Cl2NS2. The largest absolute Gasteiger partial charge is 0.229 e. The van der Waals surface area contributed by atoms with E-state index >= 15 is 0 Å². The van der Waals surface area contributed by atoms with Crippen molar-refractivity contribution in [3.8, 4) is 0 Å². The fraction of sp³-hybridized carbons (Fsp3) is 0.100. The number of rotatable bonds is 3. The molecule has 5 heteroatoms. The van der Waals surface area contributed by atoms with Crippen LogP contribution in [0.15, 0.2) is 34.5 Å². The fourth-order valence-electron chi connectivity index (χ4n) is 1.04. The van der Waals surface area contributed by atoms with Gasteiger partial charge < -0.3 is 0 Å². The Morgan fingerprint density at radius 3 is 2.53 bits per heavy atom. The molecule has 1 nitrogen and oxygen atoms in total. The van der Waals surface area contributed by atoms with Crippen molar-refractivity contribution in [3.05, 3.63) is 44.8 Å². The average Bonchev–Trinajstić information content (AvgIpc) is 2.64. The van der Waals surface area contributed by atoms with E-state index in [9.17, 15) is 0 Å². The van der Waals surface area contributed by atoms with Crippen LogP contribution < -0.4 is 0 Å². The molecule has 78 valence electrons. The van der Waals surface area contributed by atoms with Crippen molar-refractivity contribution < 1.29 is 0 Å². The lowest BCUT2D eigenvalue weighted by Crippen LogP contribution is -1.79. The monoisotopic (exact) mass is 275 g/mol. The van der Waals surface area contributed by atoms with Gasteiger partial charge in [0.25, 0.3) is 0 Å². The van der Waals surface area contributed by atoms with Crippen LogP contribution in [-0.2, 0) is 5.75 Å². The first-order valence-corrected chi connectivity index (χ1v) is 6.84. The van der Waals surface area contributed by atoms with E-state index in [0.29, 0.717) is 4.47 Å². The lowest BCUT2D eigenvalue weighted by atomic mass is 10.4. The van der Waals surface area contributed by atoms with Gasteiger partial charge in [0.15, 0.2) is 4.47 Å². The van der Waals surface area contributed by atoms with E-state index in [1.54, 1.807) is 11.8 Å². The minimum absolute atomic E-state index is 0.599. The van der Waals surface area contributed by atoms with Gasteiger partial charge in [-0.2, -0.15) is 0 Å². The smallest absolute Gasteiger partial charge is 0.183 e. The Labute approximate surface area is 106 Å². The van der Waals surface area contributed by atoms with E-state index in [-0.39, 0.29) is 0 Å². The molecule has 0 bridgehead atoms. The number of halogens is 2. The van der Waals surface area contributed by atoms with Gasteiger partial charge in [0.05, 0.1) is 5.69 Å². The van der Waals surface area contributed by atoms with Crippen molar-refractivity contribution in [3.63, 3.8) is 0 Å². The first kappa shape index (κ1) is 11.3. The molecule has 0 aliphatic rings. The Morgan fingerprint density at radius 1 is 1.20 bits per heavy atom. The van der Waals surface area contributed by atoms with Crippen molar-refractivity contribution in [2.45, 2.75) is 10.6 Å². The predicted octanol–water partition coefficient (Wildman–Crippen LogP) is 4.74. The summed E-state index contributed by atoms with van der Waals surface area (Å²) in [6.45, 7) is 0. The van der Waals surface area contributed by atoms with Gasteiger partial charge in [0.1, 0.15) is 0 Å². The van der Waals surface area contributed by atoms with Gasteiger partial charge in [-0.3, -0.25) is 0 Å². The number of nitrogens with zero attached hydrogens (tertiary/aromatic N) is 1. The molecule has 2 rings (SSSR count). The fourth-order valence-corrected chi connectivity index (χ4v) is 2.84. The molecule has 0 N–H and O–H groups in total. The van der Waals surface area contributed by atoms with Crippen LogP contribution in [0, 0.1) is 0 Å². The summed E-state index contributed by atoms with van der Waals surface area (Å²) in [6.07, 6.45) is 0. The van der Waals surface area contributed by atoms with Gasteiger partial charge in [0, 0.05) is 21.1 Å². The second-order valence-electron chi connectivity index (χ2n) is 2.83. The number of hydrogen-bond acceptors (Lipinski definition) is 3. The highest BCUT2D eigenvalue weighted by Crippen LogP contribution is 2.25. The van der Waals surface area contributed by atoms with Gasteiger partial charge in [0.2, 0.25) is 0 Å². The third-order valence-corrected chi connectivity index (χ3v) is 4.05. The van der Waals surface area contributed by atoms with E-state index in [1.165, 1.54) is 16.2 Å². The van der Waals surface area contributed by atoms with Crippen LogP contribution in [0.2, 0.25) is 9.49 Å². The molecule has 0 aliphatic carbocycles. The minimum atomic E-state index is 0.599. The molecule has 0 fully saturated rings. The van der Waals surface area contributed by atoms with Crippen LogP contribution in [0.4, 0.5) is 0 Å². The van der Waals surface area contributed by atoms with Crippen molar-refractivity contribution in [2.24, 2.45) is 0 Å². The summed E-state index contributed by atoms with van der Waals surface area (Å²) < 4.78 is 0.599. The van der Waals surface area contributed by atoms with Gasteiger partial charge in [-0.1, -0.05) is 23.2 Å². The van der Waals surface area contributed by atoms with Crippen LogP contribution in [0.1, 0.15) is 5.69 Å². The Balaban J connectivity index is 1.96. The molecule has 0 atom stereocenters. The van der Waals surface area contributed by atoms with Crippen molar-refractivity contribution in [1.29, 1.82) is 0 Å². The molecule has 15 heavy (non-hydrogen) atoms. The van der Waals surface area contributed by atoms with Gasteiger partial charge >= 0.3 is 0 Å². The molecule has 0 unspecified atom stereocenters. The summed E-state index contributed by atoms with van der Waals surface area (Å²) in [6, 6.07) is 7.78. The first-order chi connectivity index (χ1) is 7.24. The molecule has 2 aromatic rings. The molecule has 0 amide bonds. The summed E-state index contributed by atoms with van der Waals surface area (Å²) in [7, 11) is 0. The van der Waals surface area contributed by atoms with Gasteiger partial charge in [-0.15, -0.1) is 23.1 Å². The standard InChI is InChI=1S/C10H7Cl2NS2/c11-7-1-3-9(4-2-7)14-5-8-6-15-10(12)13-8/h1-4,6H,5H2. The summed E-state index contributed by atoms with van der Waals surface area (Å²) in [5.41, 5.74) is 1.02. The maximum Gasteiger partial charge on any atom is 0.183 e. The third-order valence-electron chi connectivity index (χ3n) is 1.72. The lowest BCUT2D eigenvalue weighted by Gasteiger charge is -1.98. The Kier molecular flexibility index (Phi) is 3.92. The van der Waals surface area contributed by atoms with Crippen LogP contribution in [0.5, 0.6) is 0 Å². The summed E-state index contributed by atoms with van der Waals surface area (Å²) in [4.78, 5) is 5.36. The van der Waals surface area contributed by atoms with E-state index in [0.717, 1.165) is 16.5 Å². The summed E-state index contributed by atoms with van der Waals surface area (Å²) >= 11 is 14.7. The maximum atomic E-state index is 5.79. The maximum absolute atomic E-state index is 5.79. The van der Waals surface area contributed by atoms with Crippen molar-refractivity contribution >= 4 is 46.3 Å². The Morgan fingerprint density at radius 2 is 1.93 bits per heavy atom. The minimum Gasteiger partial charge on any atom is -0.229 e. The molecule has 0 spiro atoms. The zero-order valence-electron chi connectivity index (χ0n) is 7.61. The Bertz CT molecular complexity index is 439. The van der Waals surface area contributed by atoms with E-state index in [4.69, 9.17) is 23.2 Å². The zero-order chi connectivity index (χ0) is 10.7. The summed E-state index contributed by atoms with van der Waals surface area (Å²) in [5, 5.41) is 2.74. The molecule has 0 aliphatic heterocycles. The van der Waals surface area contributed by atoms with Crippen LogP contribution in [0.25, 0.3) is 0 Å². The normalized spacial score (nSPS) is 10.5. The molecule has 0 saturated carbocycles. The van der Waals surface area contributed by atoms with Gasteiger partial charge in [-0.05, 0) is 24.3 Å². The molecule has 1 heterocycles. The number of hydrogen-bond donors (Lipinski definition) is 0. The molecule has 1 aromatic carbocycles. The predicted molar refractivity (Wildman–Crippen MR) is 68.1 cm³/mol. The number of aromatic nitrogens is 1. The topological polar surface area (TPSA) is 12.9 Å². The van der Waals surface area contributed by atoms with Crippen molar-refractivity contribution in [2.75, 3.05) is 0 Å². The summed E-state index contributed by atoms with van der Waals surface area (Å²) in [5.74, 6) is 0.838. The SMILES string of the molecule is Clc1ccc(SCc2csc(Cl)n2)cc1. The second-order valence-corrected chi connectivity index (χ2v) is 5.76. The third kappa shape index (κ3) is 3.38.